The molecule has 4 aromatic rings. The molecular formula is C24H20ClFN6OS. The Hall–Kier alpha value is -3.29. The van der Waals surface area contributed by atoms with Crippen LogP contribution in [0.1, 0.15) is 11.3 Å². The molecule has 0 saturated carbocycles. The molecule has 1 aliphatic heterocycles. The van der Waals surface area contributed by atoms with E-state index in [1.165, 1.54) is 29.0 Å². The highest BCUT2D eigenvalue weighted by Gasteiger charge is 2.13. The average Bonchev–Trinajstić information content (AvgIpc) is 3.24. The van der Waals surface area contributed by atoms with Crippen LogP contribution >= 0.6 is 22.9 Å². The summed E-state index contributed by atoms with van der Waals surface area (Å²) in [5, 5.41) is 16.6. The van der Waals surface area contributed by atoms with Gasteiger partial charge in [-0.2, -0.15) is 10.2 Å². The molecule has 1 aliphatic rings. The number of aromatic nitrogens is 2. The Bertz CT molecular complexity index is 1360. The third-order valence-electron chi connectivity index (χ3n) is 5.40. The zero-order valence-corrected chi connectivity index (χ0v) is 19.6. The van der Waals surface area contributed by atoms with Gasteiger partial charge >= 0.3 is 0 Å². The predicted molar refractivity (Wildman–Crippen MR) is 133 cm³/mol. The molecule has 7 nitrogen and oxygen atoms in total. The molecule has 0 atom stereocenters. The number of pyridine rings is 1. The van der Waals surface area contributed by atoms with E-state index in [4.69, 9.17) is 16.3 Å². The third kappa shape index (κ3) is 5.11. The summed E-state index contributed by atoms with van der Waals surface area (Å²) in [5.74, 6) is -0.506. The number of benzene rings is 2. The second kappa shape index (κ2) is 9.91. The second-order valence-electron chi connectivity index (χ2n) is 7.80. The Morgan fingerprint density at radius 3 is 2.56 bits per heavy atom. The van der Waals surface area contributed by atoms with E-state index < -0.39 is 5.82 Å². The number of morpholine rings is 1. The van der Waals surface area contributed by atoms with Crippen LogP contribution < -0.4 is 10.6 Å². The molecule has 2 N–H and O–H groups in total. The molecule has 0 bridgehead atoms. The van der Waals surface area contributed by atoms with Gasteiger partial charge in [-0.15, -0.1) is 0 Å². The van der Waals surface area contributed by atoms with Crippen LogP contribution in [-0.4, -0.2) is 41.2 Å². The molecular weight excluding hydrogens is 475 g/mol. The first kappa shape index (κ1) is 22.5. The fourth-order valence-electron chi connectivity index (χ4n) is 3.66. The molecule has 5 rings (SSSR count). The molecule has 0 spiro atoms. The first-order valence-electron chi connectivity index (χ1n) is 10.7. The van der Waals surface area contributed by atoms with Gasteiger partial charge in [-0.25, -0.2) is 9.37 Å². The SMILES string of the molecule is N#Cc1nc2nc(Nc3ccc(CN4CCOCC4)cc3)sc2cc1Nc1ccc(F)c(Cl)c1. The number of hydrogen-bond donors (Lipinski definition) is 2. The molecule has 2 aromatic heterocycles. The van der Waals surface area contributed by atoms with E-state index in [2.05, 4.69) is 43.7 Å². The van der Waals surface area contributed by atoms with Crippen LogP contribution in [0.4, 0.5) is 26.6 Å². The third-order valence-corrected chi connectivity index (χ3v) is 6.60. The minimum Gasteiger partial charge on any atom is -0.379 e. The average molecular weight is 495 g/mol. The number of fused-ring (bicyclic) bond motifs is 1. The number of nitriles is 1. The topological polar surface area (TPSA) is 86.1 Å². The maximum atomic E-state index is 13.5. The molecule has 0 aliphatic carbocycles. The van der Waals surface area contributed by atoms with Crippen molar-refractivity contribution >= 4 is 55.5 Å². The number of hydrogen-bond acceptors (Lipinski definition) is 8. The lowest BCUT2D eigenvalue weighted by molar-refractivity contribution is 0.0342. The van der Waals surface area contributed by atoms with Crippen molar-refractivity contribution in [2.24, 2.45) is 0 Å². The Morgan fingerprint density at radius 1 is 1.06 bits per heavy atom. The van der Waals surface area contributed by atoms with E-state index in [0.717, 1.165) is 43.2 Å². The summed E-state index contributed by atoms with van der Waals surface area (Å²) in [7, 11) is 0. The summed E-state index contributed by atoms with van der Waals surface area (Å²) >= 11 is 7.30. The number of halogens is 2. The van der Waals surface area contributed by atoms with Crippen molar-refractivity contribution in [1.29, 1.82) is 5.26 Å². The lowest BCUT2D eigenvalue weighted by Gasteiger charge is -2.26. The Morgan fingerprint density at radius 2 is 1.82 bits per heavy atom. The van der Waals surface area contributed by atoms with E-state index in [9.17, 15) is 9.65 Å². The van der Waals surface area contributed by atoms with Crippen molar-refractivity contribution in [3.8, 4) is 6.07 Å². The fraction of sp³-hybridized carbons (Fsp3) is 0.208. The molecule has 0 amide bonds. The van der Waals surface area contributed by atoms with Crippen molar-refractivity contribution in [2.45, 2.75) is 6.54 Å². The maximum absolute atomic E-state index is 13.5. The highest BCUT2D eigenvalue weighted by atomic mass is 35.5. The van der Waals surface area contributed by atoms with Gasteiger partial charge in [0.15, 0.2) is 16.5 Å². The quantitative estimate of drug-likeness (QED) is 0.357. The Labute approximate surface area is 204 Å². The van der Waals surface area contributed by atoms with Gasteiger partial charge < -0.3 is 15.4 Å². The Kier molecular flexibility index (Phi) is 6.56. The van der Waals surface area contributed by atoms with Gasteiger partial charge in [0.1, 0.15) is 11.9 Å². The largest absolute Gasteiger partial charge is 0.379 e. The highest BCUT2D eigenvalue weighted by molar-refractivity contribution is 7.22. The van der Waals surface area contributed by atoms with Crippen molar-refractivity contribution in [3.05, 3.63) is 70.6 Å². The number of thiazole rings is 1. The summed E-state index contributed by atoms with van der Waals surface area (Å²) in [4.78, 5) is 11.3. The van der Waals surface area contributed by atoms with Gasteiger partial charge in [0.05, 0.1) is 28.6 Å². The monoisotopic (exact) mass is 494 g/mol. The summed E-state index contributed by atoms with van der Waals surface area (Å²) < 4.78 is 19.7. The Balaban J connectivity index is 1.32. The lowest BCUT2D eigenvalue weighted by Crippen LogP contribution is -2.35. The minimum atomic E-state index is -0.506. The molecule has 1 fully saturated rings. The van der Waals surface area contributed by atoms with Gasteiger partial charge in [0.25, 0.3) is 0 Å². The molecule has 3 heterocycles. The van der Waals surface area contributed by atoms with Crippen LogP contribution in [-0.2, 0) is 11.3 Å². The van der Waals surface area contributed by atoms with Crippen molar-refractivity contribution in [2.75, 3.05) is 36.9 Å². The predicted octanol–water partition coefficient (Wildman–Crippen LogP) is 5.67. The molecule has 0 radical (unpaired) electrons. The lowest BCUT2D eigenvalue weighted by atomic mass is 10.2. The van der Waals surface area contributed by atoms with Gasteiger partial charge in [-0.05, 0) is 42.0 Å². The number of nitrogens with zero attached hydrogens (tertiary/aromatic N) is 4. The zero-order valence-electron chi connectivity index (χ0n) is 18.0. The number of ether oxygens (including phenoxy) is 1. The van der Waals surface area contributed by atoms with Crippen LogP contribution in [0.3, 0.4) is 0 Å². The van der Waals surface area contributed by atoms with Gasteiger partial charge in [-0.1, -0.05) is 35.1 Å². The minimum absolute atomic E-state index is 0.00205. The normalized spacial score (nSPS) is 14.1. The molecule has 34 heavy (non-hydrogen) atoms. The van der Waals surface area contributed by atoms with Gasteiger partial charge in [0.2, 0.25) is 0 Å². The number of rotatable bonds is 6. The smallest absolute Gasteiger partial charge is 0.189 e. The summed E-state index contributed by atoms with van der Waals surface area (Å²) in [6.07, 6.45) is 0. The van der Waals surface area contributed by atoms with E-state index in [1.807, 2.05) is 18.2 Å². The molecule has 1 saturated heterocycles. The van der Waals surface area contributed by atoms with Gasteiger partial charge in [-0.3, -0.25) is 4.90 Å². The highest BCUT2D eigenvalue weighted by Crippen LogP contribution is 2.32. The number of nitrogens with one attached hydrogen (secondary N) is 2. The molecule has 10 heteroatoms. The molecule has 0 unspecified atom stereocenters. The van der Waals surface area contributed by atoms with E-state index in [0.29, 0.717) is 22.2 Å². The van der Waals surface area contributed by atoms with E-state index in [-0.39, 0.29) is 10.7 Å². The molecule has 172 valence electrons. The summed E-state index contributed by atoms with van der Waals surface area (Å²) in [6, 6.07) is 16.4. The maximum Gasteiger partial charge on any atom is 0.189 e. The fourth-order valence-corrected chi connectivity index (χ4v) is 4.71. The van der Waals surface area contributed by atoms with E-state index >= 15 is 0 Å². The van der Waals surface area contributed by atoms with Crippen molar-refractivity contribution in [1.82, 2.24) is 14.9 Å². The van der Waals surface area contributed by atoms with Crippen molar-refractivity contribution < 1.29 is 9.13 Å². The van der Waals surface area contributed by atoms with Crippen molar-refractivity contribution in [3.63, 3.8) is 0 Å². The van der Waals surface area contributed by atoms with Gasteiger partial charge in [0, 0.05) is 31.0 Å². The van der Waals surface area contributed by atoms with Crippen LogP contribution in [0.2, 0.25) is 5.02 Å². The van der Waals surface area contributed by atoms with Crippen LogP contribution in [0, 0.1) is 17.1 Å². The van der Waals surface area contributed by atoms with Crippen LogP contribution in [0.25, 0.3) is 10.3 Å². The van der Waals surface area contributed by atoms with Crippen LogP contribution in [0.5, 0.6) is 0 Å². The zero-order chi connectivity index (χ0) is 23.5. The van der Waals surface area contributed by atoms with E-state index in [1.54, 1.807) is 6.07 Å². The number of anilines is 4. The first-order chi connectivity index (χ1) is 16.6. The first-order valence-corrected chi connectivity index (χ1v) is 11.9. The second-order valence-corrected chi connectivity index (χ2v) is 9.24. The molecule has 2 aromatic carbocycles. The summed E-state index contributed by atoms with van der Waals surface area (Å²) in [5.41, 5.74) is 3.90. The van der Waals surface area contributed by atoms with Crippen LogP contribution in [0.15, 0.2) is 48.5 Å². The summed E-state index contributed by atoms with van der Waals surface area (Å²) in [6.45, 7) is 4.38. The standard InChI is InChI=1S/C24H20ClFN6OS/c25-18-11-17(5-6-19(18)26)28-20-12-22-23(30-21(20)13-27)31-24(34-22)29-16-3-1-15(2-4-16)14-32-7-9-33-10-8-32/h1-6,11-12,28H,7-10,14H2,(H,29,30,31).